The SMILES string of the molecule is Cc1nc(-c2ncccn2)sc1C(=O)NC1CCCNC1C. The van der Waals surface area contributed by atoms with Gasteiger partial charge in [0.2, 0.25) is 0 Å². The lowest BCUT2D eigenvalue weighted by Crippen LogP contribution is -2.51. The van der Waals surface area contributed by atoms with Crippen LogP contribution in [0.25, 0.3) is 10.8 Å². The monoisotopic (exact) mass is 317 g/mol. The van der Waals surface area contributed by atoms with E-state index in [0.717, 1.165) is 25.1 Å². The molecule has 3 rings (SSSR count). The standard InChI is InChI=1S/C15H19N5OS/c1-9-11(5-3-6-16-9)20-14(21)12-10(2)19-15(22-12)13-17-7-4-8-18-13/h4,7-9,11,16H,3,5-6H2,1-2H3,(H,20,21). The van der Waals surface area contributed by atoms with Gasteiger partial charge in [0.15, 0.2) is 10.8 Å². The van der Waals surface area contributed by atoms with Crippen LogP contribution in [0.2, 0.25) is 0 Å². The Labute approximate surface area is 133 Å². The number of carbonyl (C=O) groups is 1. The second kappa shape index (κ2) is 6.50. The summed E-state index contributed by atoms with van der Waals surface area (Å²) in [5.41, 5.74) is 0.723. The number of nitrogens with zero attached hydrogens (tertiary/aromatic N) is 3. The molecule has 1 saturated heterocycles. The van der Waals surface area contributed by atoms with Gasteiger partial charge in [-0.1, -0.05) is 0 Å². The average Bonchev–Trinajstić information content (AvgIpc) is 2.92. The van der Waals surface area contributed by atoms with E-state index in [1.807, 2.05) is 6.92 Å². The van der Waals surface area contributed by atoms with E-state index in [1.54, 1.807) is 18.5 Å². The molecule has 3 heterocycles. The van der Waals surface area contributed by atoms with Gasteiger partial charge in [0, 0.05) is 24.5 Å². The van der Waals surface area contributed by atoms with Crippen molar-refractivity contribution in [2.45, 2.75) is 38.8 Å². The van der Waals surface area contributed by atoms with E-state index >= 15 is 0 Å². The molecule has 2 unspecified atom stereocenters. The summed E-state index contributed by atoms with van der Waals surface area (Å²) < 4.78 is 0. The van der Waals surface area contributed by atoms with Gasteiger partial charge in [-0.25, -0.2) is 15.0 Å². The second-order valence-electron chi connectivity index (χ2n) is 5.47. The zero-order valence-electron chi connectivity index (χ0n) is 12.7. The van der Waals surface area contributed by atoms with Gasteiger partial charge in [-0.3, -0.25) is 4.79 Å². The summed E-state index contributed by atoms with van der Waals surface area (Å²) in [4.78, 5) is 26.0. The topological polar surface area (TPSA) is 79.8 Å². The lowest BCUT2D eigenvalue weighted by molar-refractivity contribution is 0.0923. The number of carbonyl (C=O) groups excluding carboxylic acids is 1. The molecule has 1 fully saturated rings. The Morgan fingerprint density at radius 2 is 2.18 bits per heavy atom. The second-order valence-corrected chi connectivity index (χ2v) is 6.47. The molecule has 2 N–H and O–H groups in total. The first kappa shape index (κ1) is 15.1. The molecule has 116 valence electrons. The first-order valence-electron chi connectivity index (χ1n) is 7.44. The number of nitrogens with one attached hydrogen (secondary N) is 2. The van der Waals surface area contributed by atoms with Crippen molar-refractivity contribution in [1.29, 1.82) is 0 Å². The molecule has 0 saturated carbocycles. The van der Waals surface area contributed by atoms with E-state index in [4.69, 9.17) is 0 Å². The third-order valence-corrected chi connectivity index (χ3v) is 4.99. The van der Waals surface area contributed by atoms with Crippen LogP contribution in [-0.2, 0) is 0 Å². The van der Waals surface area contributed by atoms with Gasteiger partial charge < -0.3 is 10.6 Å². The van der Waals surface area contributed by atoms with E-state index in [9.17, 15) is 4.79 Å². The zero-order valence-corrected chi connectivity index (χ0v) is 13.5. The van der Waals surface area contributed by atoms with Gasteiger partial charge in [-0.2, -0.15) is 0 Å². The highest BCUT2D eigenvalue weighted by atomic mass is 32.1. The molecular weight excluding hydrogens is 298 g/mol. The molecule has 0 bridgehead atoms. The Hall–Kier alpha value is -1.86. The van der Waals surface area contributed by atoms with Crippen molar-refractivity contribution in [2.75, 3.05) is 6.54 Å². The molecule has 1 amide bonds. The predicted molar refractivity (Wildman–Crippen MR) is 85.8 cm³/mol. The number of hydrogen-bond acceptors (Lipinski definition) is 6. The van der Waals surface area contributed by atoms with Crippen LogP contribution in [0.3, 0.4) is 0 Å². The molecule has 2 aromatic heterocycles. The van der Waals surface area contributed by atoms with E-state index in [1.165, 1.54) is 11.3 Å². The van der Waals surface area contributed by atoms with Crippen LogP contribution in [0, 0.1) is 6.92 Å². The van der Waals surface area contributed by atoms with Crippen molar-refractivity contribution in [3.05, 3.63) is 29.0 Å². The van der Waals surface area contributed by atoms with Gasteiger partial charge in [-0.05, 0) is 39.3 Å². The number of thiazole rings is 1. The van der Waals surface area contributed by atoms with Crippen molar-refractivity contribution < 1.29 is 4.79 Å². The molecule has 0 aliphatic carbocycles. The molecule has 1 aliphatic heterocycles. The normalized spacial score (nSPS) is 21.5. The minimum atomic E-state index is -0.0577. The van der Waals surface area contributed by atoms with Crippen LogP contribution in [0.1, 0.15) is 35.1 Å². The lowest BCUT2D eigenvalue weighted by atomic mass is 10.00. The molecule has 0 spiro atoms. The van der Waals surface area contributed by atoms with Crippen LogP contribution in [0.4, 0.5) is 0 Å². The Bertz CT molecular complexity index is 657. The van der Waals surface area contributed by atoms with Crippen molar-refractivity contribution in [1.82, 2.24) is 25.6 Å². The van der Waals surface area contributed by atoms with Crippen LogP contribution < -0.4 is 10.6 Å². The highest BCUT2D eigenvalue weighted by molar-refractivity contribution is 7.17. The van der Waals surface area contributed by atoms with Gasteiger partial charge >= 0.3 is 0 Å². The van der Waals surface area contributed by atoms with E-state index in [-0.39, 0.29) is 11.9 Å². The summed E-state index contributed by atoms with van der Waals surface area (Å²) >= 11 is 1.34. The third-order valence-electron chi connectivity index (χ3n) is 3.84. The fraction of sp³-hybridized carbons (Fsp3) is 0.467. The molecular formula is C15H19N5OS. The van der Waals surface area contributed by atoms with Gasteiger partial charge in [0.05, 0.1) is 5.69 Å². The highest BCUT2D eigenvalue weighted by Crippen LogP contribution is 2.25. The predicted octanol–water partition coefficient (Wildman–Crippen LogP) is 1.78. The molecule has 0 aromatic carbocycles. The maximum absolute atomic E-state index is 12.5. The van der Waals surface area contributed by atoms with Crippen LogP contribution in [0.15, 0.2) is 18.5 Å². The number of aryl methyl sites for hydroxylation is 1. The van der Waals surface area contributed by atoms with E-state index < -0.39 is 0 Å². The maximum atomic E-state index is 12.5. The molecule has 1 aliphatic rings. The summed E-state index contributed by atoms with van der Waals surface area (Å²) in [7, 11) is 0. The molecule has 2 atom stereocenters. The average molecular weight is 317 g/mol. The fourth-order valence-corrected chi connectivity index (χ4v) is 3.50. The molecule has 6 nitrogen and oxygen atoms in total. The molecule has 7 heteroatoms. The first-order chi connectivity index (χ1) is 10.6. The van der Waals surface area contributed by atoms with Crippen molar-refractivity contribution in [3.8, 4) is 10.8 Å². The quantitative estimate of drug-likeness (QED) is 0.902. The Kier molecular flexibility index (Phi) is 4.44. The summed E-state index contributed by atoms with van der Waals surface area (Å²) in [6.07, 6.45) is 5.44. The summed E-state index contributed by atoms with van der Waals surface area (Å²) in [6.45, 7) is 4.97. The number of rotatable bonds is 3. The number of piperidine rings is 1. The van der Waals surface area contributed by atoms with E-state index in [0.29, 0.717) is 21.8 Å². The zero-order chi connectivity index (χ0) is 15.5. The first-order valence-corrected chi connectivity index (χ1v) is 8.26. The Morgan fingerprint density at radius 3 is 2.91 bits per heavy atom. The van der Waals surface area contributed by atoms with Crippen LogP contribution >= 0.6 is 11.3 Å². The number of amides is 1. The van der Waals surface area contributed by atoms with Crippen molar-refractivity contribution >= 4 is 17.2 Å². The largest absolute Gasteiger partial charge is 0.347 e. The summed E-state index contributed by atoms with van der Waals surface area (Å²) in [5, 5.41) is 7.19. The van der Waals surface area contributed by atoms with Gasteiger partial charge in [0.1, 0.15) is 4.88 Å². The Morgan fingerprint density at radius 1 is 1.41 bits per heavy atom. The Balaban J connectivity index is 1.77. The minimum absolute atomic E-state index is 0.0577. The summed E-state index contributed by atoms with van der Waals surface area (Å²) in [5.74, 6) is 0.500. The molecule has 22 heavy (non-hydrogen) atoms. The maximum Gasteiger partial charge on any atom is 0.263 e. The summed E-state index contributed by atoms with van der Waals surface area (Å²) in [6, 6.07) is 2.22. The number of hydrogen-bond donors (Lipinski definition) is 2. The lowest BCUT2D eigenvalue weighted by Gasteiger charge is -2.30. The third kappa shape index (κ3) is 3.15. The van der Waals surface area contributed by atoms with Crippen LogP contribution in [-0.4, -0.2) is 39.5 Å². The number of aromatic nitrogens is 3. The minimum Gasteiger partial charge on any atom is -0.347 e. The van der Waals surface area contributed by atoms with Crippen LogP contribution in [0.5, 0.6) is 0 Å². The van der Waals surface area contributed by atoms with Crippen molar-refractivity contribution in [2.24, 2.45) is 0 Å². The van der Waals surface area contributed by atoms with Gasteiger partial charge in [0.25, 0.3) is 5.91 Å². The van der Waals surface area contributed by atoms with E-state index in [2.05, 4.69) is 32.5 Å². The van der Waals surface area contributed by atoms with Crippen molar-refractivity contribution in [3.63, 3.8) is 0 Å². The highest BCUT2D eigenvalue weighted by Gasteiger charge is 2.25. The van der Waals surface area contributed by atoms with Gasteiger partial charge in [-0.15, -0.1) is 11.3 Å². The molecule has 2 aromatic rings. The molecule has 0 radical (unpaired) electrons. The fourth-order valence-electron chi connectivity index (χ4n) is 2.59. The smallest absolute Gasteiger partial charge is 0.263 e.